The first-order chi connectivity index (χ1) is 8.75. The van der Waals surface area contributed by atoms with Crippen LogP contribution >= 0.6 is 0 Å². The molecule has 1 aromatic rings. The summed E-state index contributed by atoms with van der Waals surface area (Å²) in [6, 6.07) is 6.38. The number of hydrogen-bond acceptors (Lipinski definition) is 3. The minimum Gasteiger partial charge on any atom is -0.448 e. The Bertz CT molecular complexity index is 487. The van der Waals surface area contributed by atoms with Crippen LogP contribution in [0.1, 0.15) is 44.1 Å². The molecule has 1 aromatic carbocycles. The minimum absolute atomic E-state index is 0.226. The lowest BCUT2D eigenvalue weighted by Gasteiger charge is -2.21. The predicted octanol–water partition coefficient (Wildman–Crippen LogP) is 2.72. The Kier molecular flexibility index (Phi) is 2.03. The van der Waals surface area contributed by atoms with E-state index in [0.29, 0.717) is 0 Å². The van der Waals surface area contributed by atoms with Gasteiger partial charge >= 0.3 is 0 Å². The molecular weight excluding hydrogens is 226 g/mol. The van der Waals surface area contributed by atoms with Gasteiger partial charge in [0.1, 0.15) is 0 Å². The second-order valence-electron chi connectivity index (χ2n) is 5.97. The van der Waals surface area contributed by atoms with Gasteiger partial charge in [-0.25, -0.2) is 0 Å². The van der Waals surface area contributed by atoms with Gasteiger partial charge in [-0.2, -0.15) is 0 Å². The standard InChI is InChI=1S/C15H19NO2/c16-10-14(7-8-14)11-3-4-12-13(9-11)18-15(17-12)5-1-2-6-15/h3-4,9H,1-2,5-8,10,16H2. The summed E-state index contributed by atoms with van der Waals surface area (Å²) in [7, 11) is 0. The zero-order valence-corrected chi connectivity index (χ0v) is 10.6. The van der Waals surface area contributed by atoms with Crippen molar-refractivity contribution in [1.82, 2.24) is 0 Å². The van der Waals surface area contributed by atoms with Crippen molar-refractivity contribution in [2.24, 2.45) is 5.73 Å². The molecule has 96 valence electrons. The number of hydrogen-bond donors (Lipinski definition) is 1. The molecule has 0 aromatic heterocycles. The van der Waals surface area contributed by atoms with Gasteiger partial charge in [-0.3, -0.25) is 0 Å². The van der Waals surface area contributed by atoms with Crippen LogP contribution in [0.4, 0.5) is 0 Å². The first-order valence-corrected chi connectivity index (χ1v) is 6.98. The summed E-state index contributed by atoms with van der Waals surface area (Å²) in [5.74, 6) is 1.49. The van der Waals surface area contributed by atoms with Crippen molar-refractivity contribution in [3.63, 3.8) is 0 Å². The van der Waals surface area contributed by atoms with E-state index >= 15 is 0 Å². The Morgan fingerprint density at radius 3 is 2.39 bits per heavy atom. The van der Waals surface area contributed by atoms with Gasteiger partial charge in [-0.05, 0) is 43.4 Å². The molecule has 2 N–H and O–H groups in total. The lowest BCUT2D eigenvalue weighted by Crippen LogP contribution is -2.34. The maximum absolute atomic E-state index is 6.10. The molecule has 3 aliphatic rings. The van der Waals surface area contributed by atoms with Gasteiger partial charge in [0.15, 0.2) is 11.5 Å². The summed E-state index contributed by atoms with van der Waals surface area (Å²) in [5.41, 5.74) is 7.44. The molecule has 0 atom stereocenters. The fraction of sp³-hybridized carbons (Fsp3) is 0.600. The number of fused-ring (bicyclic) bond motifs is 1. The molecule has 0 amide bonds. The first-order valence-electron chi connectivity index (χ1n) is 6.98. The third kappa shape index (κ3) is 1.40. The van der Waals surface area contributed by atoms with Crippen LogP contribution < -0.4 is 15.2 Å². The molecular formula is C15H19NO2. The molecule has 0 saturated heterocycles. The molecule has 0 radical (unpaired) electrons. The maximum atomic E-state index is 6.10. The summed E-state index contributed by atoms with van der Waals surface area (Å²) in [5, 5.41) is 0. The molecule has 3 nitrogen and oxygen atoms in total. The molecule has 1 heterocycles. The summed E-state index contributed by atoms with van der Waals surface area (Å²) < 4.78 is 12.1. The quantitative estimate of drug-likeness (QED) is 0.871. The Labute approximate surface area is 107 Å². The van der Waals surface area contributed by atoms with Crippen molar-refractivity contribution in [2.75, 3.05) is 6.54 Å². The minimum atomic E-state index is -0.347. The van der Waals surface area contributed by atoms with Crippen LogP contribution in [0.25, 0.3) is 0 Å². The van der Waals surface area contributed by atoms with E-state index in [-0.39, 0.29) is 11.2 Å². The van der Waals surface area contributed by atoms with Crippen LogP contribution in [-0.2, 0) is 5.41 Å². The third-order valence-corrected chi connectivity index (χ3v) is 4.76. The summed E-state index contributed by atoms with van der Waals surface area (Å²) in [6.07, 6.45) is 6.84. The summed E-state index contributed by atoms with van der Waals surface area (Å²) >= 11 is 0. The van der Waals surface area contributed by atoms with Gasteiger partial charge in [-0.1, -0.05) is 6.07 Å². The highest BCUT2D eigenvalue weighted by atomic mass is 16.7. The summed E-state index contributed by atoms with van der Waals surface area (Å²) in [4.78, 5) is 0. The summed E-state index contributed by atoms with van der Waals surface area (Å²) in [6.45, 7) is 0.734. The third-order valence-electron chi connectivity index (χ3n) is 4.76. The van der Waals surface area contributed by atoms with Gasteiger partial charge in [0.05, 0.1) is 0 Å². The highest BCUT2D eigenvalue weighted by Gasteiger charge is 2.47. The number of ether oxygens (including phenoxy) is 2. The van der Waals surface area contributed by atoms with E-state index in [9.17, 15) is 0 Å². The van der Waals surface area contributed by atoms with Gasteiger partial charge in [0.25, 0.3) is 5.79 Å². The molecule has 0 bridgehead atoms. The van der Waals surface area contributed by atoms with E-state index in [1.165, 1.54) is 31.2 Å². The van der Waals surface area contributed by atoms with Gasteiger partial charge < -0.3 is 15.2 Å². The highest BCUT2D eigenvalue weighted by molar-refractivity contribution is 5.49. The maximum Gasteiger partial charge on any atom is 0.251 e. The molecule has 2 saturated carbocycles. The van der Waals surface area contributed by atoms with Crippen LogP contribution in [-0.4, -0.2) is 12.3 Å². The lowest BCUT2D eigenvalue weighted by molar-refractivity contribution is -0.0716. The fourth-order valence-corrected chi connectivity index (χ4v) is 3.30. The van der Waals surface area contributed by atoms with Crippen LogP contribution in [0.5, 0.6) is 11.5 Å². The average Bonchev–Trinajstić information content (AvgIpc) is 2.94. The Morgan fingerprint density at radius 2 is 1.72 bits per heavy atom. The number of benzene rings is 1. The smallest absolute Gasteiger partial charge is 0.251 e. The van der Waals surface area contributed by atoms with Crippen molar-refractivity contribution in [2.45, 2.75) is 49.7 Å². The van der Waals surface area contributed by atoms with Crippen LogP contribution in [0.3, 0.4) is 0 Å². The van der Waals surface area contributed by atoms with E-state index in [2.05, 4.69) is 18.2 Å². The zero-order valence-electron chi connectivity index (χ0n) is 10.6. The molecule has 0 unspecified atom stereocenters. The van der Waals surface area contributed by atoms with Gasteiger partial charge in [0, 0.05) is 24.8 Å². The number of rotatable bonds is 2. The Morgan fingerprint density at radius 1 is 1.00 bits per heavy atom. The molecule has 1 spiro atoms. The molecule has 3 heteroatoms. The topological polar surface area (TPSA) is 44.5 Å². The van der Waals surface area contributed by atoms with Crippen LogP contribution in [0, 0.1) is 0 Å². The molecule has 18 heavy (non-hydrogen) atoms. The monoisotopic (exact) mass is 245 g/mol. The van der Waals surface area contributed by atoms with Crippen LogP contribution in [0.2, 0.25) is 0 Å². The van der Waals surface area contributed by atoms with E-state index in [1.54, 1.807) is 0 Å². The fourth-order valence-electron chi connectivity index (χ4n) is 3.30. The molecule has 1 aliphatic heterocycles. The van der Waals surface area contributed by atoms with Gasteiger partial charge in [-0.15, -0.1) is 0 Å². The van der Waals surface area contributed by atoms with E-state index < -0.39 is 0 Å². The van der Waals surface area contributed by atoms with Crippen molar-refractivity contribution in [3.8, 4) is 11.5 Å². The zero-order chi connectivity index (χ0) is 12.2. The van der Waals surface area contributed by atoms with Crippen molar-refractivity contribution in [3.05, 3.63) is 23.8 Å². The van der Waals surface area contributed by atoms with E-state index in [4.69, 9.17) is 15.2 Å². The average molecular weight is 245 g/mol. The van der Waals surface area contributed by atoms with Crippen LogP contribution in [0.15, 0.2) is 18.2 Å². The number of nitrogens with two attached hydrogens (primary N) is 1. The SMILES string of the molecule is NCC1(c2ccc3c(c2)OC2(CCCC2)O3)CC1. The second kappa shape index (κ2) is 3.41. The predicted molar refractivity (Wildman–Crippen MR) is 68.9 cm³/mol. The Balaban J connectivity index is 1.67. The lowest BCUT2D eigenvalue weighted by atomic mass is 9.96. The Hall–Kier alpha value is -1.22. The van der Waals surface area contributed by atoms with Crippen molar-refractivity contribution in [1.29, 1.82) is 0 Å². The second-order valence-corrected chi connectivity index (χ2v) is 5.97. The van der Waals surface area contributed by atoms with E-state index in [1.807, 2.05) is 0 Å². The normalized spacial score (nSPS) is 25.6. The highest BCUT2D eigenvalue weighted by Crippen LogP contribution is 2.52. The molecule has 4 rings (SSSR count). The molecule has 2 aliphatic carbocycles. The van der Waals surface area contributed by atoms with Crippen molar-refractivity contribution < 1.29 is 9.47 Å². The van der Waals surface area contributed by atoms with Crippen molar-refractivity contribution >= 4 is 0 Å². The first kappa shape index (κ1) is 10.7. The molecule has 2 fully saturated rings. The largest absolute Gasteiger partial charge is 0.448 e. The van der Waals surface area contributed by atoms with Gasteiger partial charge in [0.2, 0.25) is 0 Å². The van der Waals surface area contributed by atoms with E-state index in [0.717, 1.165) is 30.9 Å².